The highest BCUT2D eigenvalue weighted by atomic mass is 15.1. The van der Waals surface area contributed by atoms with Gasteiger partial charge in [0.15, 0.2) is 0 Å². The largest absolute Gasteiger partial charge is 0.398 e. The molecular formula is C14H19N3. The van der Waals surface area contributed by atoms with Crippen LogP contribution >= 0.6 is 0 Å². The van der Waals surface area contributed by atoms with E-state index in [1.807, 2.05) is 18.5 Å². The molecule has 1 aromatic carbocycles. The fourth-order valence-corrected chi connectivity index (χ4v) is 2.00. The van der Waals surface area contributed by atoms with Crippen molar-refractivity contribution in [2.24, 2.45) is 0 Å². The van der Waals surface area contributed by atoms with Gasteiger partial charge in [-0.1, -0.05) is 19.1 Å². The molecule has 0 saturated carbocycles. The van der Waals surface area contributed by atoms with Crippen molar-refractivity contribution in [1.29, 1.82) is 0 Å². The van der Waals surface area contributed by atoms with E-state index in [0.29, 0.717) is 0 Å². The van der Waals surface area contributed by atoms with Crippen LogP contribution in [0.25, 0.3) is 0 Å². The van der Waals surface area contributed by atoms with Gasteiger partial charge in [-0.05, 0) is 30.5 Å². The number of nitrogens with zero attached hydrogens (tertiary/aromatic N) is 2. The molecule has 0 unspecified atom stereocenters. The Morgan fingerprint density at radius 3 is 2.88 bits per heavy atom. The number of anilines is 1. The highest BCUT2D eigenvalue weighted by Crippen LogP contribution is 2.17. The predicted octanol–water partition coefficient (Wildman–Crippen LogP) is 2.77. The molecule has 0 amide bonds. The molecule has 0 aliphatic heterocycles. The number of rotatable bonds is 4. The van der Waals surface area contributed by atoms with Gasteiger partial charge in [0.2, 0.25) is 0 Å². The Balaban J connectivity index is 2.22. The Hall–Kier alpha value is -1.77. The van der Waals surface area contributed by atoms with Crippen LogP contribution < -0.4 is 5.73 Å². The molecule has 1 aromatic heterocycles. The number of aromatic nitrogens is 2. The van der Waals surface area contributed by atoms with Crippen LogP contribution in [0.3, 0.4) is 0 Å². The van der Waals surface area contributed by atoms with E-state index in [0.717, 1.165) is 36.5 Å². The van der Waals surface area contributed by atoms with Gasteiger partial charge in [0, 0.05) is 31.0 Å². The fraction of sp³-hybridized carbons (Fsp3) is 0.357. The van der Waals surface area contributed by atoms with E-state index in [1.165, 1.54) is 5.56 Å². The van der Waals surface area contributed by atoms with Crippen LogP contribution in [-0.4, -0.2) is 9.55 Å². The molecule has 0 spiro atoms. The molecular weight excluding hydrogens is 210 g/mol. The van der Waals surface area contributed by atoms with Crippen LogP contribution in [0.5, 0.6) is 0 Å². The van der Waals surface area contributed by atoms with Gasteiger partial charge in [-0.3, -0.25) is 0 Å². The van der Waals surface area contributed by atoms with Crippen LogP contribution in [0.1, 0.15) is 30.3 Å². The van der Waals surface area contributed by atoms with Gasteiger partial charge in [0.1, 0.15) is 5.82 Å². The number of nitrogens with two attached hydrogens (primary N) is 1. The molecule has 1 heterocycles. The molecule has 0 bridgehead atoms. The topological polar surface area (TPSA) is 43.8 Å². The number of aryl methyl sites for hydroxylation is 2. The maximum atomic E-state index is 6.02. The second kappa shape index (κ2) is 5.04. The lowest BCUT2D eigenvalue weighted by atomic mass is 10.1. The van der Waals surface area contributed by atoms with E-state index in [4.69, 9.17) is 5.73 Å². The fourth-order valence-electron chi connectivity index (χ4n) is 2.00. The summed E-state index contributed by atoms with van der Waals surface area (Å²) in [7, 11) is 0. The minimum Gasteiger partial charge on any atom is -0.398 e. The molecule has 90 valence electrons. The van der Waals surface area contributed by atoms with Gasteiger partial charge in [0.25, 0.3) is 0 Å². The molecule has 0 atom stereocenters. The third-order valence-corrected chi connectivity index (χ3v) is 2.92. The molecule has 0 fully saturated rings. The average Bonchev–Trinajstić information content (AvgIpc) is 2.71. The van der Waals surface area contributed by atoms with Crippen LogP contribution in [-0.2, 0) is 13.0 Å². The van der Waals surface area contributed by atoms with Crippen molar-refractivity contribution in [3.63, 3.8) is 0 Å². The SMILES string of the molecule is CCCn1ccnc1Cc1ccc(C)cc1N. The van der Waals surface area contributed by atoms with E-state index in [9.17, 15) is 0 Å². The summed E-state index contributed by atoms with van der Waals surface area (Å²) in [4.78, 5) is 4.40. The second-order valence-corrected chi connectivity index (χ2v) is 4.42. The molecule has 2 aromatic rings. The van der Waals surface area contributed by atoms with Crippen LogP contribution in [0.4, 0.5) is 5.69 Å². The lowest BCUT2D eigenvalue weighted by Crippen LogP contribution is -2.05. The molecule has 3 nitrogen and oxygen atoms in total. The van der Waals surface area contributed by atoms with Gasteiger partial charge in [-0.25, -0.2) is 4.98 Å². The first-order valence-electron chi connectivity index (χ1n) is 6.05. The zero-order chi connectivity index (χ0) is 12.3. The maximum absolute atomic E-state index is 6.02. The van der Waals surface area contributed by atoms with E-state index >= 15 is 0 Å². The number of imidazole rings is 1. The summed E-state index contributed by atoms with van der Waals surface area (Å²) < 4.78 is 2.19. The third kappa shape index (κ3) is 2.67. The zero-order valence-electron chi connectivity index (χ0n) is 10.5. The van der Waals surface area contributed by atoms with Crippen molar-refractivity contribution in [2.45, 2.75) is 33.2 Å². The van der Waals surface area contributed by atoms with Crippen LogP contribution in [0.15, 0.2) is 30.6 Å². The molecule has 2 N–H and O–H groups in total. The Morgan fingerprint density at radius 2 is 2.18 bits per heavy atom. The number of benzene rings is 1. The average molecular weight is 229 g/mol. The van der Waals surface area contributed by atoms with Crippen LogP contribution in [0, 0.1) is 6.92 Å². The summed E-state index contributed by atoms with van der Waals surface area (Å²) in [5, 5.41) is 0. The maximum Gasteiger partial charge on any atom is 0.113 e. The summed E-state index contributed by atoms with van der Waals surface area (Å²) >= 11 is 0. The van der Waals surface area contributed by atoms with Gasteiger partial charge >= 0.3 is 0 Å². The number of hydrogen-bond donors (Lipinski definition) is 1. The Bertz CT molecular complexity index is 500. The monoisotopic (exact) mass is 229 g/mol. The molecule has 0 saturated heterocycles. The first-order valence-corrected chi connectivity index (χ1v) is 6.05. The highest BCUT2D eigenvalue weighted by Gasteiger charge is 2.06. The third-order valence-electron chi connectivity index (χ3n) is 2.92. The molecule has 0 radical (unpaired) electrons. The zero-order valence-corrected chi connectivity index (χ0v) is 10.5. The van der Waals surface area contributed by atoms with Crippen molar-refractivity contribution < 1.29 is 0 Å². The molecule has 2 rings (SSSR count). The van der Waals surface area contributed by atoms with Crippen molar-refractivity contribution in [3.8, 4) is 0 Å². The summed E-state index contributed by atoms with van der Waals surface area (Å²) in [6, 6.07) is 6.21. The molecule has 0 aliphatic carbocycles. The normalized spacial score (nSPS) is 10.7. The lowest BCUT2D eigenvalue weighted by molar-refractivity contribution is 0.647. The highest BCUT2D eigenvalue weighted by molar-refractivity contribution is 5.50. The predicted molar refractivity (Wildman–Crippen MR) is 70.9 cm³/mol. The minimum atomic E-state index is 0.805. The number of hydrogen-bond acceptors (Lipinski definition) is 2. The standard InChI is InChI=1S/C14H19N3/c1-3-7-17-8-6-16-14(17)10-12-5-4-11(2)9-13(12)15/h4-6,8-9H,3,7,10,15H2,1-2H3. The molecule has 17 heavy (non-hydrogen) atoms. The second-order valence-electron chi connectivity index (χ2n) is 4.42. The summed E-state index contributed by atoms with van der Waals surface area (Å²) in [6.45, 7) is 5.24. The minimum absolute atomic E-state index is 0.805. The Kier molecular flexibility index (Phi) is 3.47. The smallest absolute Gasteiger partial charge is 0.113 e. The van der Waals surface area contributed by atoms with Crippen LogP contribution in [0.2, 0.25) is 0 Å². The van der Waals surface area contributed by atoms with E-state index < -0.39 is 0 Å². The number of nitrogen functional groups attached to an aromatic ring is 1. The van der Waals surface area contributed by atoms with Crippen molar-refractivity contribution in [1.82, 2.24) is 9.55 Å². The Morgan fingerprint density at radius 1 is 1.35 bits per heavy atom. The first-order chi connectivity index (χ1) is 8.20. The van der Waals surface area contributed by atoms with Gasteiger partial charge in [0.05, 0.1) is 0 Å². The molecule has 3 heteroatoms. The summed E-state index contributed by atoms with van der Waals surface area (Å²) in [6.07, 6.45) is 5.81. The Labute approximate surface area is 102 Å². The lowest BCUT2D eigenvalue weighted by Gasteiger charge is -2.09. The molecule has 0 aliphatic rings. The first kappa shape index (κ1) is 11.7. The van der Waals surface area contributed by atoms with Gasteiger partial charge in [-0.2, -0.15) is 0 Å². The summed E-state index contributed by atoms with van der Waals surface area (Å²) in [5.41, 5.74) is 9.23. The quantitative estimate of drug-likeness (QED) is 0.819. The van der Waals surface area contributed by atoms with E-state index in [-0.39, 0.29) is 0 Å². The summed E-state index contributed by atoms with van der Waals surface area (Å²) in [5.74, 6) is 1.09. The van der Waals surface area contributed by atoms with Crippen molar-refractivity contribution in [3.05, 3.63) is 47.5 Å². The van der Waals surface area contributed by atoms with Gasteiger partial charge in [-0.15, -0.1) is 0 Å². The van der Waals surface area contributed by atoms with Gasteiger partial charge < -0.3 is 10.3 Å². The van der Waals surface area contributed by atoms with E-state index in [1.54, 1.807) is 0 Å². The van der Waals surface area contributed by atoms with Crippen molar-refractivity contribution in [2.75, 3.05) is 5.73 Å². The van der Waals surface area contributed by atoms with E-state index in [2.05, 4.69) is 35.5 Å². The van der Waals surface area contributed by atoms with Crippen molar-refractivity contribution >= 4 is 5.69 Å².